The standard InChI is InChI=1S/C16H14BrClN6O/c1-23-15-12(13(17)22-23)14(19-8-20-15)21-11-5-6-24(16(11)25)10-4-2-3-9(18)7-10/h2-4,7-8,11H,5-6H2,1H3,(H,19,20,21). The number of amides is 1. The summed E-state index contributed by atoms with van der Waals surface area (Å²) < 4.78 is 2.31. The molecule has 0 spiro atoms. The van der Waals surface area contributed by atoms with Crippen LogP contribution in [0.25, 0.3) is 11.0 Å². The number of hydrogen-bond acceptors (Lipinski definition) is 5. The van der Waals surface area contributed by atoms with Crippen LogP contribution in [0.2, 0.25) is 5.02 Å². The minimum absolute atomic E-state index is 0.00552. The molecular weight excluding hydrogens is 408 g/mol. The molecule has 1 atom stereocenters. The second kappa shape index (κ2) is 6.27. The normalized spacial score (nSPS) is 17.5. The van der Waals surface area contributed by atoms with Gasteiger partial charge in [0, 0.05) is 24.3 Å². The molecule has 4 rings (SSSR count). The average Bonchev–Trinajstić information content (AvgIpc) is 3.09. The first-order valence-corrected chi connectivity index (χ1v) is 8.88. The van der Waals surface area contributed by atoms with E-state index in [9.17, 15) is 4.79 Å². The number of halogens is 2. The number of aryl methyl sites for hydroxylation is 1. The smallest absolute Gasteiger partial charge is 0.249 e. The third-order valence-corrected chi connectivity index (χ3v) is 5.00. The molecule has 1 fully saturated rings. The first kappa shape index (κ1) is 16.3. The van der Waals surface area contributed by atoms with Crippen molar-refractivity contribution in [3.63, 3.8) is 0 Å². The fourth-order valence-electron chi connectivity index (χ4n) is 3.03. The molecule has 0 bridgehead atoms. The van der Waals surface area contributed by atoms with Gasteiger partial charge in [0.15, 0.2) is 5.65 Å². The van der Waals surface area contributed by atoms with Crippen LogP contribution in [0.3, 0.4) is 0 Å². The summed E-state index contributed by atoms with van der Waals surface area (Å²) >= 11 is 9.46. The van der Waals surface area contributed by atoms with Crippen molar-refractivity contribution < 1.29 is 4.79 Å². The number of rotatable bonds is 3. The van der Waals surface area contributed by atoms with Crippen LogP contribution in [-0.2, 0) is 11.8 Å². The molecule has 128 valence electrons. The molecule has 0 radical (unpaired) electrons. The Morgan fingerprint density at radius 3 is 3.00 bits per heavy atom. The highest BCUT2D eigenvalue weighted by molar-refractivity contribution is 9.10. The highest BCUT2D eigenvalue weighted by atomic mass is 79.9. The van der Waals surface area contributed by atoms with Crippen molar-refractivity contribution in [1.82, 2.24) is 19.7 Å². The van der Waals surface area contributed by atoms with E-state index in [1.807, 2.05) is 19.2 Å². The number of carbonyl (C=O) groups is 1. The molecule has 7 nitrogen and oxygen atoms in total. The molecule has 3 aromatic rings. The van der Waals surface area contributed by atoms with Crippen LogP contribution in [-0.4, -0.2) is 38.2 Å². The molecule has 9 heteroatoms. The fraction of sp³-hybridized carbons (Fsp3) is 0.250. The number of carbonyl (C=O) groups excluding carboxylic acids is 1. The molecule has 1 aromatic carbocycles. The van der Waals surface area contributed by atoms with Crippen LogP contribution < -0.4 is 10.2 Å². The lowest BCUT2D eigenvalue weighted by Gasteiger charge is -2.18. The highest BCUT2D eigenvalue weighted by Crippen LogP contribution is 2.30. The van der Waals surface area contributed by atoms with Gasteiger partial charge < -0.3 is 10.2 Å². The van der Waals surface area contributed by atoms with Gasteiger partial charge in [-0.2, -0.15) is 5.10 Å². The van der Waals surface area contributed by atoms with Crippen molar-refractivity contribution in [3.8, 4) is 0 Å². The molecule has 1 aliphatic heterocycles. The Hall–Kier alpha value is -2.19. The first-order valence-electron chi connectivity index (χ1n) is 7.71. The Morgan fingerprint density at radius 2 is 2.20 bits per heavy atom. The topological polar surface area (TPSA) is 75.9 Å². The molecular formula is C16H14BrClN6O. The summed E-state index contributed by atoms with van der Waals surface area (Å²) in [4.78, 5) is 23.1. The van der Waals surface area contributed by atoms with Gasteiger partial charge in [-0.3, -0.25) is 4.79 Å². The van der Waals surface area contributed by atoms with Crippen LogP contribution in [0.4, 0.5) is 11.5 Å². The van der Waals surface area contributed by atoms with Crippen LogP contribution in [0.5, 0.6) is 0 Å². The number of nitrogens with one attached hydrogen (secondary N) is 1. The number of nitrogens with zero attached hydrogens (tertiary/aromatic N) is 5. The summed E-state index contributed by atoms with van der Waals surface area (Å²) in [5.41, 5.74) is 1.50. The van der Waals surface area contributed by atoms with E-state index in [1.165, 1.54) is 6.33 Å². The van der Waals surface area contributed by atoms with E-state index in [1.54, 1.807) is 21.7 Å². The van der Waals surface area contributed by atoms with E-state index in [0.29, 0.717) is 34.1 Å². The zero-order chi connectivity index (χ0) is 17.6. The van der Waals surface area contributed by atoms with Crippen molar-refractivity contribution in [1.29, 1.82) is 0 Å². The van der Waals surface area contributed by atoms with Gasteiger partial charge in [0.2, 0.25) is 5.91 Å². The molecule has 1 N–H and O–H groups in total. The lowest BCUT2D eigenvalue weighted by molar-refractivity contribution is -0.117. The minimum Gasteiger partial charge on any atom is -0.358 e. The predicted octanol–water partition coefficient (Wildman–Crippen LogP) is 3.00. The third-order valence-electron chi connectivity index (χ3n) is 4.21. The molecule has 1 unspecified atom stereocenters. The quantitative estimate of drug-likeness (QED) is 0.703. The van der Waals surface area contributed by atoms with Crippen LogP contribution in [0, 0.1) is 0 Å². The summed E-state index contributed by atoms with van der Waals surface area (Å²) in [6.45, 7) is 0.624. The summed E-state index contributed by atoms with van der Waals surface area (Å²) in [6.07, 6.45) is 2.14. The highest BCUT2D eigenvalue weighted by Gasteiger charge is 2.33. The molecule has 1 aliphatic rings. The number of aromatic nitrogens is 4. The van der Waals surface area contributed by atoms with E-state index >= 15 is 0 Å². The van der Waals surface area contributed by atoms with Gasteiger partial charge in [0.05, 0.1) is 5.39 Å². The van der Waals surface area contributed by atoms with Crippen molar-refractivity contribution >= 4 is 56.0 Å². The first-order chi connectivity index (χ1) is 12.0. The molecule has 1 amide bonds. The average molecular weight is 422 g/mol. The Labute approximate surface area is 157 Å². The van der Waals surface area contributed by atoms with Crippen molar-refractivity contribution in [2.45, 2.75) is 12.5 Å². The van der Waals surface area contributed by atoms with Gasteiger partial charge in [0.1, 0.15) is 22.8 Å². The van der Waals surface area contributed by atoms with Crippen molar-refractivity contribution in [2.24, 2.45) is 7.05 Å². The van der Waals surface area contributed by atoms with Gasteiger partial charge in [0.25, 0.3) is 0 Å². The summed E-state index contributed by atoms with van der Waals surface area (Å²) in [5, 5.41) is 8.91. The van der Waals surface area contributed by atoms with E-state index in [-0.39, 0.29) is 11.9 Å². The van der Waals surface area contributed by atoms with Gasteiger partial charge in [-0.15, -0.1) is 0 Å². The lowest BCUT2D eigenvalue weighted by atomic mass is 10.2. The van der Waals surface area contributed by atoms with Gasteiger partial charge >= 0.3 is 0 Å². The van der Waals surface area contributed by atoms with Gasteiger partial charge in [-0.25, -0.2) is 14.6 Å². The monoisotopic (exact) mass is 420 g/mol. The number of fused-ring (bicyclic) bond motifs is 1. The second-order valence-electron chi connectivity index (χ2n) is 5.79. The van der Waals surface area contributed by atoms with Crippen LogP contribution >= 0.6 is 27.5 Å². The Kier molecular flexibility index (Phi) is 4.09. The maximum atomic E-state index is 12.8. The summed E-state index contributed by atoms with van der Waals surface area (Å²) in [6, 6.07) is 6.95. The number of anilines is 2. The molecule has 3 heterocycles. The zero-order valence-corrected chi connectivity index (χ0v) is 15.6. The van der Waals surface area contributed by atoms with E-state index in [4.69, 9.17) is 11.6 Å². The minimum atomic E-state index is -0.357. The van der Waals surface area contributed by atoms with Crippen LogP contribution in [0.15, 0.2) is 35.2 Å². The third kappa shape index (κ3) is 2.85. The maximum Gasteiger partial charge on any atom is 0.249 e. The number of hydrogen-bond donors (Lipinski definition) is 1. The summed E-state index contributed by atoms with van der Waals surface area (Å²) in [5.74, 6) is 0.588. The van der Waals surface area contributed by atoms with Crippen LogP contribution in [0.1, 0.15) is 6.42 Å². The molecule has 25 heavy (non-hydrogen) atoms. The Balaban J connectivity index is 1.62. The SMILES string of the molecule is Cn1nc(Br)c2c(NC3CCN(c4cccc(Cl)c4)C3=O)ncnc21. The lowest BCUT2D eigenvalue weighted by Crippen LogP contribution is -2.33. The molecule has 1 saturated heterocycles. The maximum absolute atomic E-state index is 12.8. The molecule has 2 aromatic heterocycles. The second-order valence-corrected chi connectivity index (χ2v) is 6.98. The predicted molar refractivity (Wildman–Crippen MR) is 99.8 cm³/mol. The number of benzene rings is 1. The molecule has 0 saturated carbocycles. The molecule has 0 aliphatic carbocycles. The summed E-state index contributed by atoms with van der Waals surface area (Å²) in [7, 11) is 1.81. The Bertz CT molecular complexity index is 974. The van der Waals surface area contributed by atoms with Crippen molar-refractivity contribution in [2.75, 3.05) is 16.8 Å². The van der Waals surface area contributed by atoms with Crippen molar-refractivity contribution in [3.05, 3.63) is 40.2 Å². The van der Waals surface area contributed by atoms with E-state index in [0.717, 1.165) is 11.1 Å². The fourth-order valence-corrected chi connectivity index (χ4v) is 3.82. The van der Waals surface area contributed by atoms with Gasteiger partial charge in [-0.05, 0) is 40.5 Å². The van der Waals surface area contributed by atoms with Gasteiger partial charge in [-0.1, -0.05) is 17.7 Å². The van der Waals surface area contributed by atoms with E-state index in [2.05, 4.69) is 36.3 Å². The van der Waals surface area contributed by atoms with E-state index < -0.39 is 0 Å². The zero-order valence-electron chi connectivity index (χ0n) is 13.3. The Morgan fingerprint density at radius 1 is 1.36 bits per heavy atom. The largest absolute Gasteiger partial charge is 0.358 e.